The van der Waals surface area contributed by atoms with Gasteiger partial charge in [-0.2, -0.15) is 0 Å². The molecule has 1 saturated heterocycles. The lowest BCUT2D eigenvalue weighted by molar-refractivity contribution is -0.0212. The molecule has 7 nitrogen and oxygen atoms in total. The molecule has 2 aromatic carbocycles. The van der Waals surface area contributed by atoms with E-state index in [1.54, 1.807) is 0 Å². The van der Waals surface area contributed by atoms with Crippen LogP contribution in [0.5, 0.6) is 11.5 Å². The minimum Gasteiger partial charge on any atom is -0.490 e. The fourth-order valence-electron chi connectivity index (χ4n) is 3.97. The van der Waals surface area contributed by atoms with Crippen LogP contribution in [0.1, 0.15) is 31.4 Å². The van der Waals surface area contributed by atoms with Crippen LogP contribution in [0.25, 0.3) is 0 Å². The molecular weight excluding hydrogens is 404 g/mol. The normalized spacial score (nSPS) is 19.3. The lowest BCUT2D eigenvalue weighted by Gasteiger charge is -2.31. The molecule has 0 radical (unpaired) electrons. The molecule has 0 aromatic heterocycles. The van der Waals surface area contributed by atoms with Gasteiger partial charge in [0.15, 0.2) is 17.5 Å². The van der Waals surface area contributed by atoms with E-state index in [-0.39, 0.29) is 0 Å². The Morgan fingerprint density at radius 1 is 1.06 bits per heavy atom. The van der Waals surface area contributed by atoms with Crippen molar-refractivity contribution in [2.75, 3.05) is 44.8 Å². The summed E-state index contributed by atoms with van der Waals surface area (Å²) in [4.78, 5) is 7.25. The van der Waals surface area contributed by atoms with E-state index < -0.39 is 0 Å². The summed E-state index contributed by atoms with van der Waals surface area (Å²) in [6, 6.07) is 14.6. The van der Waals surface area contributed by atoms with Crippen LogP contribution in [0.4, 0.5) is 5.69 Å². The quantitative estimate of drug-likeness (QED) is 0.530. The van der Waals surface area contributed by atoms with Crippen molar-refractivity contribution in [2.24, 2.45) is 4.99 Å². The molecular formula is C25H34N4O3. The van der Waals surface area contributed by atoms with Gasteiger partial charge in [0.1, 0.15) is 0 Å². The Morgan fingerprint density at radius 2 is 1.91 bits per heavy atom. The smallest absolute Gasteiger partial charge is 0.196 e. The number of hydrogen-bond donors (Lipinski definition) is 2. The van der Waals surface area contributed by atoms with Gasteiger partial charge in [0.05, 0.1) is 32.5 Å². The second-order valence-electron chi connectivity index (χ2n) is 8.27. The van der Waals surface area contributed by atoms with E-state index in [2.05, 4.69) is 53.6 Å². The van der Waals surface area contributed by atoms with Gasteiger partial charge >= 0.3 is 0 Å². The summed E-state index contributed by atoms with van der Waals surface area (Å²) in [5.41, 5.74) is 3.43. The molecule has 4 rings (SSSR count). The van der Waals surface area contributed by atoms with Crippen molar-refractivity contribution in [3.8, 4) is 11.5 Å². The standard InChI is InChI=1S/C25H34N4O3/c1-3-26-25(28-22-8-9-23-24(15-22)32-12-5-11-31-23)27-16-20-6-4-7-21(14-20)18-29-10-13-30-19(2)17-29/h4,6-9,14-15,19H,3,5,10-13,16-18H2,1-2H3,(H2,26,27,28). The van der Waals surface area contributed by atoms with Crippen molar-refractivity contribution >= 4 is 11.6 Å². The summed E-state index contributed by atoms with van der Waals surface area (Å²) >= 11 is 0. The molecule has 0 aliphatic carbocycles. The first kappa shape index (κ1) is 22.4. The van der Waals surface area contributed by atoms with Crippen LogP contribution >= 0.6 is 0 Å². The van der Waals surface area contributed by atoms with Crippen LogP contribution in [0.2, 0.25) is 0 Å². The van der Waals surface area contributed by atoms with Gasteiger partial charge in [0.2, 0.25) is 0 Å². The van der Waals surface area contributed by atoms with Gasteiger partial charge in [-0.05, 0) is 37.1 Å². The first-order valence-electron chi connectivity index (χ1n) is 11.6. The maximum absolute atomic E-state index is 5.80. The van der Waals surface area contributed by atoms with Crippen molar-refractivity contribution < 1.29 is 14.2 Å². The molecule has 1 unspecified atom stereocenters. The number of morpholine rings is 1. The monoisotopic (exact) mass is 438 g/mol. The predicted molar refractivity (Wildman–Crippen MR) is 128 cm³/mol. The zero-order valence-corrected chi connectivity index (χ0v) is 19.1. The van der Waals surface area contributed by atoms with Gasteiger partial charge in [-0.1, -0.05) is 24.3 Å². The van der Waals surface area contributed by atoms with Gasteiger partial charge in [-0.25, -0.2) is 4.99 Å². The Balaban J connectivity index is 1.40. The number of hydrogen-bond acceptors (Lipinski definition) is 5. The highest BCUT2D eigenvalue weighted by Crippen LogP contribution is 2.32. The summed E-state index contributed by atoms with van der Waals surface area (Å²) in [5, 5.41) is 6.71. The second kappa shape index (κ2) is 11.2. The van der Waals surface area contributed by atoms with Crippen LogP contribution in [0.15, 0.2) is 47.5 Å². The minimum atomic E-state index is 0.301. The first-order valence-corrected chi connectivity index (χ1v) is 11.6. The number of nitrogens with one attached hydrogen (secondary N) is 2. The van der Waals surface area contributed by atoms with E-state index in [9.17, 15) is 0 Å². The molecule has 0 saturated carbocycles. The van der Waals surface area contributed by atoms with Crippen molar-refractivity contribution in [3.05, 3.63) is 53.6 Å². The lowest BCUT2D eigenvalue weighted by atomic mass is 10.1. The van der Waals surface area contributed by atoms with E-state index in [1.807, 2.05) is 18.2 Å². The number of fused-ring (bicyclic) bond motifs is 1. The fraction of sp³-hybridized carbons (Fsp3) is 0.480. The van der Waals surface area contributed by atoms with Gasteiger partial charge in [-0.15, -0.1) is 0 Å². The number of aliphatic imine (C=N–C) groups is 1. The molecule has 2 N–H and O–H groups in total. The van der Waals surface area contributed by atoms with Crippen molar-refractivity contribution in [2.45, 2.75) is 39.5 Å². The van der Waals surface area contributed by atoms with Crippen LogP contribution in [-0.2, 0) is 17.8 Å². The van der Waals surface area contributed by atoms with Crippen LogP contribution in [0.3, 0.4) is 0 Å². The molecule has 2 aliphatic rings. The Morgan fingerprint density at radius 3 is 2.75 bits per heavy atom. The molecule has 32 heavy (non-hydrogen) atoms. The van der Waals surface area contributed by atoms with Gasteiger partial charge in [0, 0.05) is 44.4 Å². The van der Waals surface area contributed by atoms with E-state index in [1.165, 1.54) is 11.1 Å². The van der Waals surface area contributed by atoms with Crippen molar-refractivity contribution in [1.29, 1.82) is 0 Å². The lowest BCUT2D eigenvalue weighted by Crippen LogP contribution is -2.40. The van der Waals surface area contributed by atoms with Crippen LogP contribution < -0.4 is 20.1 Å². The van der Waals surface area contributed by atoms with E-state index >= 15 is 0 Å². The van der Waals surface area contributed by atoms with Crippen LogP contribution in [-0.4, -0.2) is 56.4 Å². The maximum atomic E-state index is 5.80. The van der Waals surface area contributed by atoms with Crippen molar-refractivity contribution in [1.82, 2.24) is 10.2 Å². The molecule has 7 heteroatoms. The third-order valence-electron chi connectivity index (χ3n) is 5.50. The first-order chi connectivity index (χ1) is 15.7. The number of nitrogens with zero attached hydrogens (tertiary/aromatic N) is 2. The molecule has 0 bridgehead atoms. The van der Waals surface area contributed by atoms with E-state index in [0.29, 0.717) is 25.9 Å². The Hall–Kier alpha value is -2.77. The van der Waals surface area contributed by atoms with E-state index in [0.717, 1.165) is 62.4 Å². The molecule has 2 aliphatic heterocycles. The summed E-state index contributed by atoms with van der Waals surface area (Å²) < 4.78 is 17.2. The summed E-state index contributed by atoms with van der Waals surface area (Å²) in [6.45, 7) is 10.7. The zero-order chi connectivity index (χ0) is 22.2. The minimum absolute atomic E-state index is 0.301. The zero-order valence-electron chi connectivity index (χ0n) is 19.1. The largest absolute Gasteiger partial charge is 0.490 e. The Kier molecular flexibility index (Phi) is 7.85. The van der Waals surface area contributed by atoms with E-state index in [4.69, 9.17) is 19.2 Å². The highest BCUT2D eigenvalue weighted by molar-refractivity contribution is 5.93. The SMILES string of the molecule is CCNC(=NCc1cccc(CN2CCOC(C)C2)c1)Nc1ccc2c(c1)OCCCO2. The molecule has 0 spiro atoms. The average molecular weight is 439 g/mol. The molecule has 172 valence electrons. The molecule has 1 fully saturated rings. The average Bonchev–Trinajstić information content (AvgIpc) is 3.03. The summed E-state index contributed by atoms with van der Waals surface area (Å²) in [6.07, 6.45) is 1.20. The molecule has 1 atom stereocenters. The third-order valence-corrected chi connectivity index (χ3v) is 5.50. The van der Waals surface area contributed by atoms with Crippen molar-refractivity contribution in [3.63, 3.8) is 0 Å². The maximum Gasteiger partial charge on any atom is 0.196 e. The highest BCUT2D eigenvalue weighted by atomic mass is 16.5. The van der Waals surface area contributed by atoms with Gasteiger partial charge in [0.25, 0.3) is 0 Å². The highest BCUT2D eigenvalue weighted by Gasteiger charge is 2.16. The number of benzene rings is 2. The Labute approximate surface area is 190 Å². The number of ether oxygens (including phenoxy) is 3. The number of rotatable bonds is 6. The predicted octanol–water partition coefficient (Wildman–Crippen LogP) is 3.65. The summed E-state index contributed by atoms with van der Waals surface area (Å²) in [7, 11) is 0. The number of guanidine groups is 1. The molecule has 0 amide bonds. The molecule has 2 heterocycles. The second-order valence-corrected chi connectivity index (χ2v) is 8.27. The fourth-order valence-corrected chi connectivity index (χ4v) is 3.97. The van der Waals surface area contributed by atoms with Crippen LogP contribution in [0, 0.1) is 0 Å². The topological polar surface area (TPSA) is 67.4 Å². The summed E-state index contributed by atoms with van der Waals surface area (Å²) in [5.74, 6) is 2.31. The number of anilines is 1. The van der Waals surface area contributed by atoms with Gasteiger partial charge < -0.3 is 24.8 Å². The molecule has 2 aromatic rings. The Bertz CT molecular complexity index is 918. The third kappa shape index (κ3) is 6.37. The van der Waals surface area contributed by atoms with Gasteiger partial charge in [-0.3, -0.25) is 4.90 Å².